The summed E-state index contributed by atoms with van der Waals surface area (Å²) in [6.45, 7) is 0. The van der Waals surface area contributed by atoms with E-state index in [1.807, 2.05) is 0 Å². The Labute approximate surface area is 105 Å². The van der Waals surface area contributed by atoms with Crippen molar-refractivity contribution in [3.8, 4) is 5.75 Å². The highest BCUT2D eigenvalue weighted by molar-refractivity contribution is 5.59. The van der Waals surface area contributed by atoms with E-state index >= 15 is 0 Å². The van der Waals surface area contributed by atoms with E-state index in [1.165, 1.54) is 19.2 Å². The standard InChI is InChI=1S/C9H7F5N2O.CH5N/c10-8(11,12)9(13,14)17-7-3-1-6(2-4-7)16-5-15;1-2/h1-5H,(H2,15,16);2H2,1H3. The number of nitrogens with two attached hydrogens (primary N) is 2. The summed E-state index contributed by atoms with van der Waals surface area (Å²) >= 11 is 0. The molecule has 0 aromatic heterocycles. The number of halogens is 5. The molecule has 0 saturated heterocycles. The average molecular weight is 285 g/mol. The van der Waals surface area contributed by atoms with Gasteiger partial charge in [0.05, 0.1) is 12.0 Å². The summed E-state index contributed by atoms with van der Waals surface area (Å²) in [6.07, 6.45) is -10.0. The van der Waals surface area contributed by atoms with Gasteiger partial charge in [-0.25, -0.2) is 4.99 Å². The van der Waals surface area contributed by atoms with Gasteiger partial charge in [0.2, 0.25) is 0 Å². The smallest absolute Gasteiger partial charge is 0.426 e. The van der Waals surface area contributed by atoms with Crippen LogP contribution < -0.4 is 16.2 Å². The Morgan fingerprint density at radius 2 is 1.53 bits per heavy atom. The van der Waals surface area contributed by atoms with Crippen LogP contribution in [-0.2, 0) is 0 Å². The Balaban J connectivity index is 0.00000154. The second-order valence-electron chi connectivity index (χ2n) is 2.89. The van der Waals surface area contributed by atoms with Crippen LogP contribution in [0.2, 0.25) is 0 Å². The number of aliphatic imine (C=N–C) groups is 1. The molecule has 0 aliphatic carbocycles. The molecule has 108 valence electrons. The fraction of sp³-hybridized carbons (Fsp3) is 0.300. The number of benzene rings is 1. The van der Waals surface area contributed by atoms with Gasteiger partial charge in [0.15, 0.2) is 0 Å². The lowest BCUT2D eigenvalue weighted by atomic mass is 10.3. The van der Waals surface area contributed by atoms with Gasteiger partial charge in [-0.2, -0.15) is 22.0 Å². The number of rotatable bonds is 3. The summed E-state index contributed by atoms with van der Waals surface area (Å²) in [6, 6.07) is 4.24. The third-order valence-electron chi connectivity index (χ3n) is 1.64. The molecule has 0 spiro atoms. The molecule has 4 N–H and O–H groups in total. The maximum atomic E-state index is 12.5. The second-order valence-corrected chi connectivity index (χ2v) is 2.89. The molecule has 0 amide bonds. The van der Waals surface area contributed by atoms with E-state index in [2.05, 4.69) is 15.5 Å². The fourth-order valence-electron chi connectivity index (χ4n) is 0.892. The number of nitrogens with zero attached hydrogens (tertiary/aromatic N) is 1. The van der Waals surface area contributed by atoms with Gasteiger partial charge < -0.3 is 16.2 Å². The lowest BCUT2D eigenvalue weighted by molar-refractivity contribution is -0.360. The first-order valence-corrected chi connectivity index (χ1v) is 4.82. The van der Waals surface area contributed by atoms with E-state index in [0.29, 0.717) is 5.69 Å². The largest absolute Gasteiger partial charge is 0.499 e. The minimum atomic E-state index is -5.76. The molecule has 0 unspecified atom stereocenters. The predicted octanol–water partition coefficient (Wildman–Crippen LogP) is 2.41. The zero-order valence-electron chi connectivity index (χ0n) is 9.79. The van der Waals surface area contributed by atoms with E-state index in [1.54, 1.807) is 0 Å². The van der Waals surface area contributed by atoms with Crippen molar-refractivity contribution < 1.29 is 26.7 Å². The monoisotopic (exact) mass is 285 g/mol. The number of ether oxygens (including phenoxy) is 1. The maximum Gasteiger partial charge on any atom is 0.499 e. The molecule has 0 aliphatic rings. The zero-order valence-corrected chi connectivity index (χ0v) is 9.79. The molecule has 4 nitrogen and oxygen atoms in total. The topological polar surface area (TPSA) is 73.6 Å². The lowest BCUT2D eigenvalue weighted by Gasteiger charge is -2.20. The lowest BCUT2D eigenvalue weighted by Crippen LogP contribution is -2.41. The van der Waals surface area contributed by atoms with Gasteiger partial charge in [0, 0.05) is 0 Å². The number of hydrogen-bond donors (Lipinski definition) is 2. The van der Waals surface area contributed by atoms with Gasteiger partial charge in [-0.3, -0.25) is 0 Å². The van der Waals surface area contributed by atoms with Crippen LogP contribution in [0.15, 0.2) is 29.3 Å². The van der Waals surface area contributed by atoms with Crippen molar-refractivity contribution in [2.45, 2.75) is 12.3 Å². The van der Waals surface area contributed by atoms with Crippen LogP contribution in [0.25, 0.3) is 0 Å². The Hall–Kier alpha value is -1.90. The molecule has 0 heterocycles. The van der Waals surface area contributed by atoms with E-state index in [9.17, 15) is 22.0 Å². The van der Waals surface area contributed by atoms with Gasteiger partial charge in [0.25, 0.3) is 0 Å². The van der Waals surface area contributed by atoms with Crippen molar-refractivity contribution in [3.63, 3.8) is 0 Å². The highest BCUT2D eigenvalue weighted by Gasteiger charge is 2.61. The van der Waals surface area contributed by atoms with Gasteiger partial charge in [0.1, 0.15) is 5.75 Å². The van der Waals surface area contributed by atoms with Crippen LogP contribution in [0, 0.1) is 0 Å². The summed E-state index contributed by atoms with van der Waals surface area (Å²) in [5, 5.41) is 0. The van der Waals surface area contributed by atoms with E-state index in [4.69, 9.17) is 5.73 Å². The van der Waals surface area contributed by atoms with Crippen molar-refractivity contribution in [1.29, 1.82) is 0 Å². The molecule has 19 heavy (non-hydrogen) atoms. The van der Waals surface area contributed by atoms with Gasteiger partial charge in [-0.1, -0.05) is 0 Å². The summed E-state index contributed by atoms with van der Waals surface area (Å²) in [5.74, 6) is -0.622. The van der Waals surface area contributed by atoms with Crippen molar-refractivity contribution in [2.24, 2.45) is 16.5 Å². The minimum absolute atomic E-state index is 0.301. The molecule has 1 rings (SSSR count). The molecule has 0 saturated carbocycles. The van der Waals surface area contributed by atoms with Gasteiger partial charge in [-0.05, 0) is 31.3 Å². The first-order valence-electron chi connectivity index (χ1n) is 4.82. The molecule has 1 aromatic rings. The molecule has 9 heteroatoms. The van der Waals surface area contributed by atoms with Crippen LogP contribution in [0.1, 0.15) is 0 Å². The molecule has 1 aromatic carbocycles. The third-order valence-corrected chi connectivity index (χ3v) is 1.64. The Morgan fingerprint density at radius 1 is 1.05 bits per heavy atom. The number of alkyl halides is 5. The molecule has 0 radical (unpaired) electrons. The Kier molecular flexibility index (Phi) is 6.19. The predicted molar refractivity (Wildman–Crippen MR) is 60.5 cm³/mol. The Bertz CT molecular complexity index is 403. The average Bonchev–Trinajstić information content (AvgIpc) is 2.33. The maximum absolute atomic E-state index is 12.5. The van der Waals surface area contributed by atoms with Crippen LogP contribution in [0.5, 0.6) is 5.75 Å². The molecule has 0 aliphatic heterocycles. The third kappa shape index (κ3) is 5.08. The quantitative estimate of drug-likeness (QED) is 0.509. The fourth-order valence-corrected chi connectivity index (χ4v) is 0.892. The van der Waals surface area contributed by atoms with Crippen molar-refractivity contribution in [1.82, 2.24) is 0 Å². The van der Waals surface area contributed by atoms with Crippen LogP contribution in [0.4, 0.5) is 27.6 Å². The SMILES string of the molecule is CN.NC=Nc1ccc(OC(F)(F)C(F)(F)F)cc1. The first kappa shape index (κ1) is 17.1. The minimum Gasteiger partial charge on any atom is -0.426 e. The van der Waals surface area contributed by atoms with Crippen LogP contribution in [0.3, 0.4) is 0 Å². The van der Waals surface area contributed by atoms with E-state index in [-0.39, 0.29) is 0 Å². The summed E-state index contributed by atoms with van der Waals surface area (Å²) in [7, 11) is 1.50. The van der Waals surface area contributed by atoms with Gasteiger partial charge in [-0.15, -0.1) is 0 Å². The highest BCUT2D eigenvalue weighted by Crippen LogP contribution is 2.37. The van der Waals surface area contributed by atoms with Crippen LogP contribution in [-0.4, -0.2) is 25.7 Å². The zero-order chi connectivity index (χ0) is 15.1. The molecular weight excluding hydrogens is 273 g/mol. The van der Waals surface area contributed by atoms with Gasteiger partial charge >= 0.3 is 12.3 Å². The summed E-state index contributed by atoms with van der Waals surface area (Å²) in [5.41, 5.74) is 9.77. The van der Waals surface area contributed by atoms with Crippen molar-refractivity contribution in [2.75, 3.05) is 7.05 Å². The molecule has 0 fully saturated rings. The molecule has 0 bridgehead atoms. The summed E-state index contributed by atoms with van der Waals surface area (Å²) < 4.78 is 63.9. The van der Waals surface area contributed by atoms with Crippen molar-refractivity contribution >= 4 is 12.0 Å². The van der Waals surface area contributed by atoms with E-state index in [0.717, 1.165) is 18.5 Å². The highest BCUT2D eigenvalue weighted by atomic mass is 19.4. The first-order chi connectivity index (χ1) is 8.76. The Morgan fingerprint density at radius 3 is 1.89 bits per heavy atom. The van der Waals surface area contributed by atoms with E-state index < -0.39 is 18.0 Å². The normalized spacial score (nSPS) is 11.9. The van der Waals surface area contributed by atoms with Crippen LogP contribution >= 0.6 is 0 Å². The second kappa shape index (κ2) is 6.88. The number of hydrogen-bond acceptors (Lipinski definition) is 3. The summed E-state index contributed by atoms with van der Waals surface area (Å²) in [4.78, 5) is 3.58. The van der Waals surface area contributed by atoms with Crippen molar-refractivity contribution in [3.05, 3.63) is 24.3 Å². The molecule has 0 atom stereocenters. The molecular formula is C10H12F5N3O.